The lowest BCUT2D eigenvalue weighted by Crippen LogP contribution is -2.04. The molecule has 0 amide bonds. The molecule has 0 unspecified atom stereocenters. The van der Waals surface area contributed by atoms with Crippen LogP contribution in [0.1, 0.15) is 11.4 Å². The molecule has 2 heterocycles. The van der Waals surface area contributed by atoms with Crippen molar-refractivity contribution in [1.29, 1.82) is 5.26 Å². The summed E-state index contributed by atoms with van der Waals surface area (Å²) in [5.41, 5.74) is 1.59. The zero-order valence-corrected chi connectivity index (χ0v) is 10.2. The molecule has 7 heteroatoms. The Morgan fingerprint density at radius 2 is 2.26 bits per heavy atom. The fraction of sp³-hybridized carbons (Fsp3) is 0.250. The second-order valence-corrected chi connectivity index (χ2v) is 3.88. The minimum atomic E-state index is 0.213. The van der Waals surface area contributed by atoms with Crippen molar-refractivity contribution < 1.29 is 14.2 Å². The highest BCUT2D eigenvalue weighted by atomic mass is 16.7. The van der Waals surface area contributed by atoms with Gasteiger partial charge >= 0.3 is 0 Å². The van der Waals surface area contributed by atoms with Crippen molar-refractivity contribution >= 4 is 0 Å². The molecule has 3 rings (SSSR count). The summed E-state index contributed by atoms with van der Waals surface area (Å²) in [5, 5.41) is 16.8. The van der Waals surface area contributed by atoms with Gasteiger partial charge in [0.15, 0.2) is 17.2 Å². The Labute approximate surface area is 108 Å². The van der Waals surface area contributed by atoms with Crippen molar-refractivity contribution in [2.75, 3.05) is 13.9 Å². The minimum absolute atomic E-state index is 0.213. The molecule has 7 nitrogen and oxygen atoms in total. The van der Waals surface area contributed by atoms with Gasteiger partial charge in [-0.25, -0.2) is 4.68 Å². The first-order chi connectivity index (χ1) is 9.33. The number of benzene rings is 1. The van der Waals surface area contributed by atoms with E-state index in [1.165, 1.54) is 0 Å². The molecule has 19 heavy (non-hydrogen) atoms. The standard InChI is InChI=1S/C12H10N4O3/c1-17-6-10-9(5-13)14-15-16(10)8-2-3-11-12(4-8)19-7-18-11/h2-4H,6-7H2,1H3. The number of fused-ring (bicyclic) bond motifs is 1. The van der Waals surface area contributed by atoms with E-state index in [0.717, 1.165) is 5.69 Å². The van der Waals surface area contributed by atoms with Crippen LogP contribution in [0.5, 0.6) is 11.5 Å². The topological polar surface area (TPSA) is 82.2 Å². The van der Waals surface area contributed by atoms with E-state index in [0.29, 0.717) is 17.2 Å². The van der Waals surface area contributed by atoms with Gasteiger partial charge in [-0.1, -0.05) is 5.21 Å². The molecule has 0 spiro atoms. The maximum Gasteiger partial charge on any atom is 0.231 e. The maximum atomic E-state index is 8.99. The molecule has 1 aliphatic rings. The number of methoxy groups -OCH3 is 1. The summed E-state index contributed by atoms with van der Waals surface area (Å²) in [6, 6.07) is 7.40. The minimum Gasteiger partial charge on any atom is -0.454 e. The van der Waals surface area contributed by atoms with Gasteiger partial charge in [0.05, 0.1) is 12.3 Å². The number of hydrogen-bond acceptors (Lipinski definition) is 6. The fourth-order valence-corrected chi connectivity index (χ4v) is 1.88. The first-order valence-electron chi connectivity index (χ1n) is 5.57. The Morgan fingerprint density at radius 1 is 1.42 bits per heavy atom. The Morgan fingerprint density at radius 3 is 3.05 bits per heavy atom. The molecular weight excluding hydrogens is 248 g/mol. The summed E-state index contributed by atoms with van der Waals surface area (Å²) in [7, 11) is 1.55. The Bertz CT molecular complexity index is 659. The second kappa shape index (κ2) is 4.59. The van der Waals surface area contributed by atoms with Crippen LogP contribution in [0.2, 0.25) is 0 Å². The molecule has 0 saturated carbocycles. The third-order valence-electron chi connectivity index (χ3n) is 2.75. The van der Waals surface area contributed by atoms with Gasteiger partial charge in [-0.2, -0.15) is 5.26 Å². The molecule has 1 aliphatic heterocycles. The van der Waals surface area contributed by atoms with Gasteiger partial charge in [0.2, 0.25) is 6.79 Å². The van der Waals surface area contributed by atoms with Crippen LogP contribution >= 0.6 is 0 Å². The van der Waals surface area contributed by atoms with E-state index >= 15 is 0 Å². The van der Waals surface area contributed by atoms with E-state index in [2.05, 4.69) is 10.3 Å². The smallest absolute Gasteiger partial charge is 0.231 e. The number of rotatable bonds is 3. The lowest BCUT2D eigenvalue weighted by molar-refractivity contribution is 0.174. The van der Waals surface area contributed by atoms with Gasteiger partial charge in [0.25, 0.3) is 0 Å². The number of nitrogens with zero attached hydrogens (tertiary/aromatic N) is 4. The molecule has 1 aromatic heterocycles. The third-order valence-corrected chi connectivity index (χ3v) is 2.75. The first-order valence-corrected chi connectivity index (χ1v) is 5.57. The molecule has 2 aromatic rings. The van der Waals surface area contributed by atoms with Crippen LogP contribution in [0, 0.1) is 11.3 Å². The van der Waals surface area contributed by atoms with Gasteiger partial charge in [0, 0.05) is 13.2 Å². The molecule has 1 aromatic carbocycles. The van der Waals surface area contributed by atoms with E-state index in [1.807, 2.05) is 12.1 Å². The lowest BCUT2D eigenvalue weighted by atomic mass is 10.2. The van der Waals surface area contributed by atoms with Gasteiger partial charge < -0.3 is 14.2 Å². The van der Waals surface area contributed by atoms with E-state index in [-0.39, 0.29) is 19.1 Å². The molecule has 96 valence electrons. The van der Waals surface area contributed by atoms with Crippen LogP contribution in [0.3, 0.4) is 0 Å². The number of aromatic nitrogens is 3. The number of ether oxygens (including phenoxy) is 3. The Balaban J connectivity index is 2.07. The Kier molecular flexibility index (Phi) is 2.78. The first kappa shape index (κ1) is 11.5. The van der Waals surface area contributed by atoms with Crippen LogP contribution in [-0.2, 0) is 11.3 Å². The molecule has 0 bridgehead atoms. The van der Waals surface area contributed by atoms with Crippen molar-refractivity contribution in [3.63, 3.8) is 0 Å². The largest absolute Gasteiger partial charge is 0.454 e. The fourth-order valence-electron chi connectivity index (χ4n) is 1.88. The van der Waals surface area contributed by atoms with Crippen molar-refractivity contribution in [2.45, 2.75) is 6.61 Å². The zero-order chi connectivity index (χ0) is 13.2. The quantitative estimate of drug-likeness (QED) is 0.817. The third kappa shape index (κ3) is 1.88. The summed E-state index contributed by atoms with van der Waals surface area (Å²) in [6.45, 7) is 0.467. The van der Waals surface area contributed by atoms with Crippen LogP contribution in [0.15, 0.2) is 18.2 Å². The lowest BCUT2D eigenvalue weighted by Gasteiger charge is -2.06. The van der Waals surface area contributed by atoms with Crippen LogP contribution in [-0.4, -0.2) is 28.9 Å². The molecule has 0 aliphatic carbocycles. The normalized spacial score (nSPS) is 12.4. The second-order valence-electron chi connectivity index (χ2n) is 3.88. The van der Waals surface area contributed by atoms with E-state index < -0.39 is 0 Å². The van der Waals surface area contributed by atoms with Gasteiger partial charge in [-0.15, -0.1) is 5.10 Å². The highest BCUT2D eigenvalue weighted by molar-refractivity contribution is 5.50. The van der Waals surface area contributed by atoms with Gasteiger partial charge in [0.1, 0.15) is 11.8 Å². The SMILES string of the molecule is COCc1c(C#N)nnn1-c1ccc2c(c1)OCO2. The predicted molar refractivity (Wildman–Crippen MR) is 62.9 cm³/mol. The zero-order valence-electron chi connectivity index (χ0n) is 10.2. The highest BCUT2D eigenvalue weighted by Crippen LogP contribution is 2.33. The van der Waals surface area contributed by atoms with Gasteiger partial charge in [-0.05, 0) is 12.1 Å². The monoisotopic (exact) mass is 258 g/mol. The molecular formula is C12H10N4O3. The predicted octanol–water partition coefficient (Wildman–Crippen LogP) is 1.01. The van der Waals surface area contributed by atoms with Crippen LogP contribution < -0.4 is 9.47 Å². The summed E-state index contributed by atoms with van der Waals surface area (Å²) < 4.78 is 17.2. The molecule has 0 radical (unpaired) electrons. The molecule has 0 saturated heterocycles. The molecule has 0 N–H and O–H groups in total. The van der Waals surface area contributed by atoms with Crippen LogP contribution in [0.4, 0.5) is 0 Å². The van der Waals surface area contributed by atoms with Gasteiger partial charge in [-0.3, -0.25) is 0 Å². The summed E-state index contributed by atoms with van der Waals surface area (Å²) in [4.78, 5) is 0. The van der Waals surface area contributed by atoms with E-state index in [1.54, 1.807) is 23.9 Å². The summed E-state index contributed by atoms with van der Waals surface area (Å²) in [6.07, 6.45) is 0. The Hall–Kier alpha value is -2.59. The highest BCUT2D eigenvalue weighted by Gasteiger charge is 2.18. The van der Waals surface area contributed by atoms with Crippen molar-refractivity contribution in [1.82, 2.24) is 15.0 Å². The van der Waals surface area contributed by atoms with Crippen molar-refractivity contribution in [3.8, 4) is 23.3 Å². The average molecular weight is 258 g/mol. The molecule has 0 fully saturated rings. The average Bonchev–Trinajstić information content (AvgIpc) is 3.04. The summed E-state index contributed by atoms with van der Waals surface area (Å²) in [5.74, 6) is 1.34. The maximum absolute atomic E-state index is 8.99. The number of nitriles is 1. The summed E-state index contributed by atoms with van der Waals surface area (Å²) >= 11 is 0. The number of hydrogen-bond donors (Lipinski definition) is 0. The van der Waals surface area contributed by atoms with Crippen molar-refractivity contribution in [2.24, 2.45) is 0 Å². The van der Waals surface area contributed by atoms with Crippen LogP contribution in [0.25, 0.3) is 5.69 Å². The van der Waals surface area contributed by atoms with E-state index in [9.17, 15) is 0 Å². The van der Waals surface area contributed by atoms with Crippen molar-refractivity contribution in [3.05, 3.63) is 29.6 Å². The van der Waals surface area contributed by atoms with E-state index in [4.69, 9.17) is 19.5 Å². The molecule has 0 atom stereocenters.